The first kappa shape index (κ1) is 15.0. The van der Waals surface area contributed by atoms with Gasteiger partial charge in [-0.3, -0.25) is 9.59 Å². The van der Waals surface area contributed by atoms with Gasteiger partial charge >= 0.3 is 0 Å². The predicted molar refractivity (Wildman–Crippen MR) is 80.3 cm³/mol. The van der Waals surface area contributed by atoms with Gasteiger partial charge in [-0.05, 0) is 23.8 Å². The van der Waals surface area contributed by atoms with Crippen molar-refractivity contribution in [2.45, 2.75) is 52.2 Å². The number of amides is 2. The molecule has 2 heterocycles. The summed E-state index contributed by atoms with van der Waals surface area (Å²) in [5.41, 5.74) is 0. The summed E-state index contributed by atoms with van der Waals surface area (Å²) in [6, 6.07) is 3.26. The minimum absolute atomic E-state index is 0.0195. The van der Waals surface area contributed by atoms with Crippen molar-refractivity contribution in [1.82, 2.24) is 10.2 Å². The van der Waals surface area contributed by atoms with E-state index < -0.39 is 0 Å². The highest BCUT2D eigenvalue weighted by atomic mass is 32.1. The van der Waals surface area contributed by atoms with Crippen LogP contribution >= 0.6 is 11.3 Å². The maximum atomic E-state index is 12.7. The van der Waals surface area contributed by atoms with Crippen molar-refractivity contribution in [2.75, 3.05) is 0 Å². The van der Waals surface area contributed by atoms with Crippen molar-refractivity contribution >= 4 is 23.2 Å². The van der Waals surface area contributed by atoms with Crippen molar-refractivity contribution in [3.8, 4) is 0 Å². The molecule has 0 aliphatic carbocycles. The van der Waals surface area contributed by atoms with Crippen LogP contribution in [0.15, 0.2) is 17.5 Å². The maximum absolute atomic E-state index is 12.7. The normalized spacial score (nSPS) is 24.6. The van der Waals surface area contributed by atoms with Gasteiger partial charge in [-0.2, -0.15) is 0 Å². The maximum Gasteiger partial charge on any atom is 0.246 e. The Morgan fingerprint density at radius 1 is 1.40 bits per heavy atom. The number of nitrogens with one attached hydrogen (secondary N) is 1. The van der Waals surface area contributed by atoms with Gasteiger partial charge in [0.2, 0.25) is 11.8 Å². The molecule has 1 aromatic heterocycles. The topological polar surface area (TPSA) is 49.4 Å². The van der Waals surface area contributed by atoms with Crippen LogP contribution in [0.2, 0.25) is 0 Å². The molecule has 1 aromatic rings. The Balaban J connectivity index is 2.23. The molecule has 0 saturated carbocycles. The van der Waals surface area contributed by atoms with E-state index in [9.17, 15) is 9.59 Å². The van der Waals surface area contributed by atoms with Crippen molar-refractivity contribution in [1.29, 1.82) is 0 Å². The minimum atomic E-state index is -0.379. The Labute approximate surface area is 124 Å². The number of hydrogen-bond acceptors (Lipinski definition) is 3. The van der Waals surface area contributed by atoms with Crippen LogP contribution in [0.1, 0.15) is 38.5 Å². The molecule has 1 saturated heterocycles. The number of thiophene rings is 1. The molecule has 1 N–H and O–H groups in total. The zero-order valence-electron chi connectivity index (χ0n) is 12.3. The molecule has 3 atom stereocenters. The second-order valence-corrected chi connectivity index (χ2v) is 6.37. The Hall–Kier alpha value is -1.36. The fourth-order valence-electron chi connectivity index (χ4n) is 2.57. The number of carbonyl (C=O) groups excluding carboxylic acids is 2. The average molecular weight is 294 g/mol. The van der Waals surface area contributed by atoms with Gasteiger partial charge in [-0.25, -0.2) is 0 Å². The van der Waals surface area contributed by atoms with E-state index >= 15 is 0 Å². The number of carbonyl (C=O) groups is 2. The van der Waals surface area contributed by atoms with Gasteiger partial charge in [0.15, 0.2) is 0 Å². The standard InChI is InChI=1S/C15H22N2O2S/c1-4-10(3)13-15(19)17(9-11-7-6-8-20-11)12(5-2)14(18)16-13/h6-8,10,12-13H,4-5,9H2,1-3H3,(H,16,18). The molecule has 4 nitrogen and oxygen atoms in total. The summed E-state index contributed by atoms with van der Waals surface area (Å²) in [4.78, 5) is 27.8. The molecule has 20 heavy (non-hydrogen) atoms. The summed E-state index contributed by atoms with van der Waals surface area (Å²) in [5.74, 6) is 0.197. The highest BCUT2D eigenvalue weighted by Crippen LogP contribution is 2.23. The summed E-state index contributed by atoms with van der Waals surface area (Å²) in [6.45, 7) is 6.54. The van der Waals surface area contributed by atoms with E-state index in [1.165, 1.54) is 0 Å². The molecule has 0 radical (unpaired) electrons. The molecule has 2 amide bonds. The SMILES string of the molecule is CCC(C)C1NC(=O)C(CC)N(Cc2cccs2)C1=O. The van der Waals surface area contributed by atoms with Gasteiger partial charge in [0, 0.05) is 4.88 Å². The second-order valence-electron chi connectivity index (χ2n) is 5.34. The zero-order valence-corrected chi connectivity index (χ0v) is 13.1. The van der Waals surface area contributed by atoms with Crippen molar-refractivity contribution < 1.29 is 9.59 Å². The summed E-state index contributed by atoms with van der Waals surface area (Å²) in [7, 11) is 0. The van der Waals surface area contributed by atoms with Crippen LogP contribution in [-0.4, -0.2) is 28.8 Å². The number of nitrogens with zero attached hydrogens (tertiary/aromatic N) is 1. The Bertz CT molecular complexity index is 472. The summed E-state index contributed by atoms with van der Waals surface area (Å²) in [5, 5.41) is 4.90. The van der Waals surface area contributed by atoms with Gasteiger partial charge in [-0.15, -0.1) is 11.3 Å². The lowest BCUT2D eigenvalue weighted by Crippen LogP contribution is -2.64. The third kappa shape index (κ3) is 2.87. The van der Waals surface area contributed by atoms with Crippen LogP contribution in [0.25, 0.3) is 0 Å². The highest BCUT2D eigenvalue weighted by molar-refractivity contribution is 7.09. The fraction of sp³-hybridized carbons (Fsp3) is 0.600. The molecule has 1 aliphatic heterocycles. The quantitative estimate of drug-likeness (QED) is 0.906. The number of hydrogen-bond donors (Lipinski definition) is 1. The average Bonchev–Trinajstić information content (AvgIpc) is 2.95. The first-order chi connectivity index (χ1) is 9.58. The van der Waals surface area contributed by atoms with Crippen LogP contribution in [0.5, 0.6) is 0 Å². The molecule has 0 spiro atoms. The molecule has 5 heteroatoms. The highest BCUT2D eigenvalue weighted by Gasteiger charge is 2.41. The Morgan fingerprint density at radius 3 is 2.70 bits per heavy atom. The lowest BCUT2D eigenvalue weighted by Gasteiger charge is -2.40. The molecule has 1 fully saturated rings. The van der Waals surface area contributed by atoms with Crippen LogP contribution in [-0.2, 0) is 16.1 Å². The van der Waals surface area contributed by atoms with Crippen LogP contribution < -0.4 is 5.32 Å². The van der Waals surface area contributed by atoms with Gasteiger partial charge in [0.1, 0.15) is 12.1 Å². The van der Waals surface area contributed by atoms with E-state index in [4.69, 9.17) is 0 Å². The van der Waals surface area contributed by atoms with Crippen LogP contribution in [0, 0.1) is 5.92 Å². The monoisotopic (exact) mass is 294 g/mol. The lowest BCUT2D eigenvalue weighted by molar-refractivity contribution is -0.151. The third-order valence-corrected chi connectivity index (χ3v) is 4.89. The van der Waals surface area contributed by atoms with Crippen molar-refractivity contribution in [3.63, 3.8) is 0 Å². The molecule has 2 rings (SSSR count). The van der Waals surface area contributed by atoms with Gasteiger partial charge in [0.25, 0.3) is 0 Å². The summed E-state index contributed by atoms with van der Waals surface area (Å²) in [6.07, 6.45) is 1.52. The zero-order chi connectivity index (χ0) is 14.7. The number of piperazine rings is 1. The van der Waals surface area contributed by atoms with E-state index in [1.54, 1.807) is 16.2 Å². The van der Waals surface area contributed by atoms with E-state index in [-0.39, 0.29) is 29.8 Å². The Kier molecular flexibility index (Phi) is 4.81. The first-order valence-electron chi connectivity index (χ1n) is 7.21. The van der Waals surface area contributed by atoms with Gasteiger partial charge in [-0.1, -0.05) is 33.3 Å². The third-order valence-electron chi connectivity index (χ3n) is 4.03. The molecule has 3 unspecified atom stereocenters. The van der Waals surface area contributed by atoms with Crippen LogP contribution in [0.3, 0.4) is 0 Å². The largest absolute Gasteiger partial charge is 0.342 e. The molecular formula is C15H22N2O2S. The molecule has 0 aromatic carbocycles. The van der Waals surface area contributed by atoms with Crippen molar-refractivity contribution in [3.05, 3.63) is 22.4 Å². The Morgan fingerprint density at radius 2 is 2.15 bits per heavy atom. The van der Waals surface area contributed by atoms with Crippen LogP contribution in [0.4, 0.5) is 0 Å². The minimum Gasteiger partial charge on any atom is -0.342 e. The van der Waals surface area contributed by atoms with E-state index in [0.717, 1.165) is 11.3 Å². The predicted octanol–water partition coefficient (Wildman–Crippen LogP) is 2.40. The smallest absolute Gasteiger partial charge is 0.246 e. The van der Waals surface area contributed by atoms with E-state index in [0.29, 0.717) is 13.0 Å². The molecule has 110 valence electrons. The van der Waals surface area contributed by atoms with Gasteiger partial charge < -0.3 is 10.2 Å². The molecule has 0 bridgehead atoms. The first-order valence-corrected chi connectivity index (χ1v) is 8.09. The molecule has 1 aliphatic rings. The number of rotatable bonds is 5. The lowest BCUT2D eigenvalue weighted by atomic mass is 9.93. The summed E-state index contributed by atoms with van der Waals surface area (Å²) < 4.78 is 0. The second kappa shape index (κ2) is 6.39. The van der Waals surface area contributed by atoms with E-state index in [2.05, 4.69) is 5.32 Å². The van der Waals surface area contributed by atoms with Gasteiger partial charge in [0.05, 0.1) is 6.54 Å². The fourth-order valence-corrected chi connectivity index (χ4v) is 3.27. The van der Waals surface area contributed by atoms with E-state index in [1.807, 2.05) is 38.3 Å². The summed E-state index contributed by atoms with van der Waals surface area (Å²) >= 11 is 1.62. The molecular weight excluding hydrogens is 272 g/mol. The van der Waals surface area contributed by atoms with Crippen molar-refractivity contribution in [2.24, 2.45) is 5.92 Å².